The van der Waals surface area contributed by atoms with Crippen molar-refractivity contribution in [2.75, 3.05) is 6.54 Å². The molecular formula is C32H36N3O8P. The normalized spacial score (nSPS) is 22.4. The lowest BCUT2D eigenvalue weighted by Crippen LogP contribution is -2.51. The predicted octanol–water partition coefficient (Wildman–Crippen LogP) is 3.39. The molecule has 3 amide bonds. The van der Waals surface area contributed by atoms with Crippen LogP contribution in [-0.2, 0) is 20.6 Å². The summed E-state index contributed by atoms with van der Waals surface area (Å²) in [6.45, 7) is 3.73. The second-order valence-electron chi connectivity index (χ2n) is 12.0. The monoisotopic (exact) mass is 621 g/mol. The van der Waals surface area contributed by atoms with Gasteiger partial charge in [-0.1, -0.05) is 68.4 Å². The van der Waals surface area contributed by atoms with E-state index in [2.05, 4.69) is 10.6 Å². The zero-order chi connectivity index (χ0) is 31.8. The number of hydrogen-bond acceptors (Lipinski definition) is 6. The maximum absolute atomic E-state index is 13.6. The molecule has 2 aliphatic heterocycles. The molecule has 5 N–H and O–H groups in total. The fraction of sp³-hybridized carbons (Fsp3) is 0.375. The smallest absolute Gasteiger partial charge is 0.342 e. The first kappa shape index (κ1) is 31.5. The summed E-state index contributed by atoms with van der Waals surface area (Å²) in [5, 5.41) is 16.6. The minimum Gasteiger partial charge on any atom is -0.480 e. The van der Waals surface area contributed by atoms with Crippen LogP contribution in [-0.4, -0.2) is 67.9 Å². The Kier molecular flexibility index (Phi) is 9.04. The van der Waals surface area contributed by atoms with Gasteiger partial charge in [-0.25, -0.2) is 4.79 Å². The van der Waals surface area contributed by atoms with Crippen molar-refractivity contribution in [3.05, 3.63) is 83.4 Å². The quantitative estimate of drug-likeness (QED) is 0.159. The third kappa shape index (κ3) is 6.32. The molecule has 232 valence electrons. The Balaban J connectivity index is 1.40. The van der Waals surface area contributed by atoms with Crippen molar-refractivity contribution >= 4 is 42.1 Å². The predicted molar refractivity (Wildman–Crippen MR) is 163 cm³/mol. The number of carbonyl (C=O) groups excluding carboxylic acids is 3. The molecule has 0 aromatic heterocycles. The Bertz CT molecular complexity index is 1590. The van der Waals surface area contributed by atoms with Gasteiger partial charge in [0.2, 0.25) is 5.91 Å². The number of carboxylic acids is 1. The Morgan fingerprint density at radius 3 is 2.09 bits per heavy atom. The van der Waals surface area contributed by atoms with Crippen molar-refractivity contribution in [2.45, 2.75) is 51.0 Å². The summed E-state index contributed by atoms with van der Waals surface area (Å²) in [5.74, 6) is -5.69. The lowest BCUT2D eigenvalue weighted by Gasteiger charge is -2.31. The number of carbonyl (C=O) groups is 4. The molecule has 0 spiro atoms. The molecule has 12 heteroatoms. The minimum atomic E-state index is -4.82. The lowest BCUT2D eigenvalue weighted by atomic mass is 9.81. The maximum atomic E-state index is 13.6. The van der Waals surface area contributed by atoms with Crippen molar-refractivity contribution in [1.29, 1.82) is 0 Å². The fourth-order valence-corrected chi connectivity index (χ4v) is 7.85. The lowest BCUT2D eigenvalue weighted by molar-refractivity contribution is -0.142. The van der Waals surface area contributed by atoms with Crippen LogP contribution in [0.25, 0.3) is 10.8 Å². The van der Waals surface area contributed by atoms with Crippen LogP contribution in [0.15, 0.2) is 66.7 Å². The van der Waals surface area contributed by atoms with Crippen LogP contribution in [0.4, 0.5) is 0 Å². The van der Waals surface area contributed by atoms with E-state index >= 15 is 0 Å². The number of amides is 3. The highest BCUT2D eigenvalue weighted by molar-refractivity contribution is 7.52. The highest BCUT2D eigenvalue weighted by Gasteiger charge is 2.52. The molecule has 0 saturated carbocycles. The zero-order valence-electron chi connectivity index (χ0n) is 24.4. The van der Waals surface area contributed by atoms with Crippen LogP contribution < -0.4 is 10.6 Å². The standard InChI is InChI=1S/C32H36N3O8P/c1-18(2)16-24-21(14-15-35-30(37)22-12-6-10-20-11-7-13-23(26(20)22)31(35)38)29(44(41,42)43)34-27(24)28(36)33-25(32(39)40)17-19-8-4-3-5-9-19/h3-13,18,21,24-25,27,29,34H,14-17H2,1-2H3,(H,33,36)(H,39,40)(H2,41,42,43)/t21-,24-,25+,27-,29-/m1/s1. The van der Waals surface area contributed by atoms with Crippen molar-refractivity contribution in [3.63, 3.8) is 0 Å². The molecule has 2 aliphatic rings. The summed E-state index contributed by atoms with van der Waals surface area (Å²) in [5.41, 5.74) is 1.46. The van der Waals surface area contributed by atoms with Crippen LogP contribution >= 0.6 is 7.60 Å². The maximum Gasteiger partial charge on any atom is 0.342 e. The van der Waals surface area contributed by atoms with E-state index in [4.69, 9.17) is 0 Å². The molecule has 1 fully saturated rings. The molecule has 3 aromatic rings. The number of aliphatic carboxylic acids is 1. The fourth-order valence-electron chi connectivity index (χ4n) is 6.63. The third-order valence-electron chi connectivity index (χ3n) is 8.56. The third-order valence-corrected chi connectivity index (χ3v) is 9.82. The van der Waals surface area contributed by atoms with Gasteiger partial charge in [-0.15, -0.1) is 0 Å². The van der Waals surface area contributed by atoms with Crippen molar-refractivity contribution in [2.24, 2.45) is 17.8 Å². The molecule has 1 saturated heterocycles. The minimum absolute atomic E-state index is 0.0254. The molecule has 5 atom stereocenters. The summed E-state index contributed by atoms with van der Waals surface area (Å²) >= 11 is 0. The van der Waals surface area contributed by atoms with Gasteiger partial charge in [-0.05, 0) is 53.7 Å². The van der Waals surface area contributed by atoms with E-state index in [1.54, 1.807) is 54.6 Å². The van der Waals surface area contributed by atoms with Gasteiger partial charge >= 0.3 is 13.6 Å². The van der Waals surface area contributed by atoms with Gasteiger partial charge < -0.3 is 20.2 Å². The number of carboxylic acid groups (broad SMARTS) is 1. The number of rotatable bonds is 11. The summed E-state index contributed by atoms with van der Waals surface area (Å²) in [6, 6.07) is 16.9. The summed E-state index contributed by atoms with van der Waals surface area (Å²) in [7, 11) is -4.82. The second-order valence-corrected chi connectivity index (χ2v) is 13.7. The number of hydrogen-bond donors (Lipinski definition) is 5. The summed E-state index contributed by atoms with van der Waals surface area (Å²) in [6.07, 6.45) is 0.459. The molecule has 44 heavy (non-hydrogen) atoms. The van der Waals surface area contributed by atoms with E-state index in [1.807, 2.05) is 26.0 Å². The van der Waals surface area contributed by atoms with E-state index < -0.39 is 61.0 Å². The first-order valence-electron chi connectivity index (χ1n) is 14.6. The molecule has 2 heterocycles. The molecule has 0 bridgehead atoms. The summed E-state index contributed by atoms with van der Waals surface area (Å²) in [4.78, 5) is 74.4. The highest BCUT2D eigenvalue weighted by Crippen LogP contribution is 2.52. The van der Waals surface area contributed by atoms with Crippen LogP contribution in [0.2, 0.25) is 0 Å². The number of benzene rings is 3. The largest absolute Gasteiger partial charge is 0.480 e. The van der Waals surface area contributed by atoms with Gasteiger partial charge in [-0.2, -0.15) is 0 Å². The van der Waals surface area contributed by atoms with Gasteiger partial charge in [0.25, 0.3) is 11.8 Å². The van der Waals surface area contributed by atoms with Crippen LogP contribution in [0.3, 0.4) is 0 Å². The molecule has 3 aromatic carbocycles. The van der Waals surface area contributed by atoms with Crippen molar-refractivity contribution in [3.8, 4) is 0 Å². The Morgan fingerprint density at radius 1 is 0.932 bits per heavy atom. The molecule has 0 radical (unpaired) electrons. The average molecular weight is 622 g/mol. The van der Waals surface area contributed by atoms with Crippen molar-refractivity contribution in [1.82, 2.24) is 15.5 Å². The zero-order valence-corrected chi connectivity index (χ0v) is 25.3. The first-order chi connectivity index (χ1) is 20.9. The summed E-state index contributed by atoms with van der Waals surface area (Å²) < 4.78 is 12.7. The highest BCUT2D eigenvalue weighted by atomic mass is 31.2. The average Bonchev–Trinajstić information content (AvgIpc) is 3.34. The molecule has 0 aliphatic carbocycles. The topological polar surface area (TPSA) is 173 Å². The van der Waals surface area contributed by atoms with E-state index in [9.17, 15) is 38.6 Å². The second kappa shape index (κ2) is 12.6. The van der Waals surface area contributed by atoms with E-state index in [0.29, 0.717) is 28.5 Å². The molecular weight excluding hydrogens is 585 g/mol. The Hall–Kier alpha value is -3.89. The van der Waals surface area contributed by atoms with Gasteiger partial charge in [0, 0.05) is 29.5 Å². The number of nitrogens with zero attached hydrogens (tertiary/aromatic N) is 1. The SMILES string of the molecule is CC(C)C[C@@H]1[C@@H](CCN2C(=O)c3cccc4cccc(c34)C2=O)[C@@H](P(=O)(O)O)N[C@H]1C(=O)N[C@@H](Cc1ccccc1)C(=O)O. The van der Waals surface area contributed by atoms with E-state index in [-0.39, 0.29) is 25.3 Å². The van der Waals surface area contributed by atoms with Gasteiger partial charge in [0.15, 0.2) is 0 Å². The Labute approximate surface area is 254 Å². The van der Waals surface area contributed by atoms with Crippen molar-refractivity contribution < 1.29 is 38.6 Å². The van der Waals surface area contributed by atoms with E-state index in [1.165, 1.54) is 0 Å². The molecule has 11 nitrogen and oxygen atoms in total. The van der Waals surface area contributed by atoms with Crippen LogP contribution in [0.1, 0.15) is 53.0 Å². The van der Waals surface area contributed by atoms with Crippen LogP contribution in [0, 0.1) is 17.8 Å². The van der Waals surface area contributed by atoms with Gasteiger partial charge in [0.1, 0.15) is 11.8 Å². The van der Waals surface area contributed by atoms with Crippen LogP contribution in [0.5, 0.6) is 0 Å². The molecule has 0 unspecified atom stereocenters. The molecule has 5 rings (SSSR count). The first-order valence-corrected chi connectivity index (χ1v) is 16.3. The van der Waals surface area contributed by atoms with E-state index in [0.717, 1.165) is 10.3 Å². The number of nitrogens with one attached hydrogen (secondary N) is 2. The number of imide groups is 1. The van der Waals surface area contributed by atoms with Gasteiger partial charge in [-0.3, -0.25) is 29.2 Å². The van der Waals surface area contributed by atoms with Gasteiger partial charge in [0.05, 0.1) is 6.04 Å². The Morgan fingerprint density at radius 2 is 1.55 bits per heavy atom.